The van der Waals surface area contributed by atoms with Gasteiger partial charge in [-0.1, -0.05) is 35.9 Å². The molecule has 1 N–H and O–H groups in total. The van der Waals surface area contributed by atoms with Gasteiger partial charge >= 0.3 is 0 Å². The van der Waals surface area contributed by atoms with E-state index in [1.807, 2.05) is 26.0 Å². The molecule has 0 bridgehead atoms. The molecule has 18 heavy (non-hydrogen) atoms. The van der Waals surface area contributed by atoms with Gasteiger partial charge in [0.15, 0.2) is 11.0 Å². The number of rotatable bonds is 3. The lowest BCUT2D eigenvalue weighted by Crippen LogP contribution is -2.06. The fourth-order valence-electron chi connectivity index (χ4n) is 1.73. The van der Waals surface area contributed by atoms with E-state index < -0.39 is 0 Å². The van der Waals surface area contributed by atoms with Gasteiger partial charge in [-0.25, -0.2) is 0 Å². The maximum Gasteiger partial charge on any atom is 0.155 e. The van der Waals surface area contributed by atoms with Crippen LogP contribution in [0.3, 0.4) is 0 Å². The molecule has 0 saturated carbocycles. The van der Waals surface area contributed by atoms with Gasteiger partial charge in [-0.15, -0.1) is 10.2 Å². The van der Waals surface area contributed by atoms with Gasteiger partial charge in [-0.2, -0.15) is 0 Å². The molecule has 1 heterocycles. The monoisotopic (exact) mass is 261 g/mol. The van der Waals surface area contributed by atoms with Crippen LogP contribution in [0.15, 0.2) is 24.3 Å². The van der Waals surface area contributed by atoms with E-state index in [-0.39, 0.29) is 0 Å². The molecule has 1 aromatic heterocycles. The average Bonchev–Trinajstić information content (AvgIpc) is 2.37. The molecule has 0 spiro atoms. The lowest BCUT2D eigenvalue weighted by molar-refractivity contribution is 0.968. The van der Waals surface area contributed by atoms with E-state index in [0.717, 1.165) is 23.5 Å². The van der Waals surface area contributed by atoms with Crippen molar-refractivity contribution in [3.8, 4) is 0 Å². The van der Waals surface area contributed by atoms with Crippen molar-refractivity contribution in [2.24, 2.45) is 0 Å². The van der Waals surface area contributed by atoms with E-state index in [1.165, 1.54) is 11.1 Å². The van der Waals surface area contributed by atoms with Gasteiger partial charge in [0.1, 0.15) is 0 Å². The third-order valence-electron chi connectivity index (χ3n) is 3.17. The summed E-state index contributed by atoms with van der Waals surface area (Å²) in [5.41, 5.74) is 4.54. The lowest BCUT2D eigenvalue weighted by atomic mass is 10.1. The summed E-state index contributed by atoms with van der Waals surface area (Å²) in [6.45, 7) is 6.79. The van der Waals surface area contributed by atoms with Crippen molar-refractivity contribution in [1.29, 1.82) is 0 Å². The van der Waals surface area contributed by atoms with E-state index in [9.17, 15) is 0 Å². The molecule has 0 atom stereocenters. The predicted molar refractivity (Wildman–Crippen MR) is 75.0 cm³/mol. The van der Waals surface area contributed by atoms with Crippen LogP contribution in [0.1, 0.15) is 22.3 Å². The number of nitrogens with zero attached hydrogens (tertiary/aromatic N) is 2. The molecule has 4 heteroatoms. The first kappa shape index (κ1) is 12.8. The van der Waals surface area contributed by atoms with Crippen LogP contribution in [0.2, 0.25) is 5.15 Å². The van der Waals surface area contributed by atoms with Crippen LogP contribution in [0.5, 0.6) is 0 Å². The molecule has 0 radical (unpaired) electrons. The Labute approximate surface area is 112 Å². The first-order valence-corrected chi connectivity index (χ1v) is 6.25. The molecule has 3 nitrogen and oxygen atoms in total. The molecule has 2 aromatic rings. The highest BCUT2D eigenvalue weighted by Crippen LogP contribution is 2.21. The summed E-state index contributed by atoms with van der Waals surface area (Å²) in [6.07, 6.45) is 0. The third kappa shape index (κ3) is 2.62. The van der Waals surface area contributed by atoms with Gasteiger partial charge in [0.25, 0.3) is 0 Å². The second kappa shape index (κ2) is 5.36. The Hall–Kier alpha value is -1.61. The number of anilines is 1. The molecule has 0 fully saturated rings. The van der Waals surface area contributed by atoms with Gasteiger partial charge < -0.3 is 5.32 Å². The normalized spacial score (nSPS) is 10.4. The minimum Gasteiger partial charge on any atom is -0.364 e. The summed E-state index contributed by atoms with van der Waals surface area (Å²) in [5, 5.41) is 11.8. The fourth-order valence-corrected chi connectivity index (χ4v) is 1.91. The fraction of sp³-hybridized carbons (Fsp3) is 0.286. The van der Waals surface area contributed by atoms with E-state index in [0.29, 0.717) is 5.15 Å². The number of aromatic nitrogens is 2. The van der Waals surface area contributed by atoms with Crippen LogP contribution in [0, 0.1) is 20.8 Å². The zero-order chi connectivity index (χ0) is 13.1. The summed E-state index contributed by atoms with van der Waals surface area (Å²) < 4.78 is 0. The summed E-state index contributed by atoms with van der Waals surface area (Å²) in [6, 6.07) is 8.28. The van der Waals surface area contributed by atoms with Gasteiger partial charge in [0, 0.05) is 6.54 Å². The second-order valence-corrected chi connectivity index (χ2v) is 4.73. The van der Waals surface area contributed by atoms with Crippen LogP contribution >= 0.6 is 11.6 Å². The maximum atomic E-state index is 5.93. The first-order valence-electron chi connectivity index (χ1n) is 5.87. The quantitative estimate of drug-likeness (QED) is 0.916. The zero-order valence-corrected chi connectivity index (χ0v) is 11.5. The molecule has 0 saturated heterocycles. The van der Waals surface area contributed by atoms with E-state index in [4.69, 9.17) is 11.6 Å². The van der Waals surface area contributed by atoms with Crippen molar-refractivity contribution in [3.63, 3.8) is 0 Å². The third-order valence-corrected chi connectivity index (χ3v) is 3.53. The van der Waals surface area contributed by atoms with Crippen LogP contribution in [-0.4, -0.2) is 10.2 Å². The Bertz CT molecular complexity index is 567. The molecule has 2 rings (SSSR count). The largest absolute Gasteiger partial charge is 0.364 e. The SMILES string of the molecule is Cc1ccccc1CNc1nnc(Cl)c(C)c1C. The number of hydrogen-bond acceptors (Lipinski definition) is 3. The molecule has 0 aliphatic carbocycles. The highest BCUT2D eigenvalue weighted by atomic mass is 35.5. The average molecular weight is 262 g/mol. The van der Waals surface area contributed by atoms with Crippen LogP contribution in [0.25, 0.3) is 0 Å². The van der Waals surface area contributed by atoms with Crippen molar-refractivity contribution < 1.29 is 0 Å². The van der Waals surface area contributed by atoms with Crippen LogP contribution in [0.4, 0.5) is 5.82 Å². The number of benzene rings is 1. The summed E-state index contributed by atoms with van der Waals surface area (Å²) in [4.78, 5) is 0. The number of hydrogen-bond donors (Lipinski definition) is 1. The van der Waals surface area contributed by atoms with Gasteiger partial charge in [0.2, 0.25) is 0 Å². The highest BCUT2D eigenvalue weighted by molar-refractivity contribution is 6.30. The molecular formula is C14H16ClN3. The Kier molecular flexibility index (Phi) is 3.82. The summed E-state index contributed by atoms with van der Waals surface area (Å²) in [5.74, 6) is 0.792. The van der Waals surface area contributed by atoms with Gasteiger partial charge in [-0.05, 0) is 43.0 Å². The Balaban J connectivity index is 2.17. The molecule has 0 aliphatic heterocycles. The van der Waals surface area contributed by atoms with Crippen molar-refractivity contribution >= 4 is 17.4 Å². The zero-order valence-electron chi connectivity index (χ0n) is 10.8. The van der Waals surface area contributed by atoms with Crippen molar-refractivity contribution in [2.75, 3.05) is 5.32 Å². The van der Waals surface area contributed by atoms with E-state index in [2.05, 4.69) is 34.6 Å². The topological polar surface area (TPSA) is 37.8 Å². The predicted octanol–water partition coefficient (Wildman–Crippen LogP) is 3.67. The number of nitrogens with one attached hydrogen (secondary N) is 1. The van der Waals surface area contributed by atoms with Crippen LogP contribution in [-0.2, 0) is 6.54 Å². The lowest BCUT2D eigenvalue weighted by Gasteiger charge is -2.11. The summed E-state index contributed by atoms with van der Waals surface area (Å²) >= 11 is 5.93. The summed E-state index contributed by atoms with van der Waals surface area (Å²) in [7, 11) is 0. The van der Waals surface area contributed by atoms with Crippen LogP contribution < -0.4 is 5.32 Å². The Morgan fingerprint density at radius 2 is 1.78 bits per heavy atom. The molecule has 0 amide bonds. The van der Waals surface area contributed by atoms with E-state index >= 15 is 0 Å². The minimum atomic E-state index is 0.467. The Morgan fingerprint density at radius 3 is 2.50 bits per heavy atom. The van der Waals surface area contributed by atoms with Crippen molar-refractivity contribution in [1.82, 2.24) is 10.2 Å². The molecule has 1 aromatic carbocycles. The van der Waals surface area contributed by atoms with Crippen molar-refractivity contribution in [2.45, 2.75) is 27.3 Å². The molecule has 0 aliphatic rings. The van der Waals surface area contributed by atoms with Gasteiger partial charge in [0.05, 0.1) is 0 Å². The molecule has 0 unspecified atom stereocenters. The Morgan fingerprint density at radius 1 is 1.06 bits per heavy atom. The standard InChI is InChI=1S/C14H16ClN3/c1-9-6-4-5-7-12(9)8-16-14-11(3)10(2)13(15)17-18-14/h4-7H,8H2,1-3H3,(H,16,18). The van der Waals surface area contributed by atoms with Gasteiger partial charge in [-0.3, -0.25) is 0 Å². The van der Waals surface area contributed by atoms with E-state index in [1.54, 1.807) is 0 Å². The smallest absolute Gasteiger partial charge is 0.155 e. The molecule has 94 valence electrons. The minimum absolute atomic E-state index is 0.467. The second-order valence-electron chi connectivity index (χ2n) is 4.37. The maximum absolute atomic E-state index is 5.93. The highest BCUT2D eigenvalue weighted by Gasteiger charge is 2.07. The number of aryl methyl sites for hydroxylation is 1. The molecular weight excluding hydrogens is 246 g/mol. The van der Waals surface area contributed by atoms with Crippen molar-refractivity contribution in [3.05, 3.63) is 51.7 Å². The first-order chi connectivity index (χ1) is 8.59. The number of halogens is 1.